The molecule has 0 amide bonds. The number of aromatic amines is 1. The number of aromatic nitrogens is 4. The SMILES string of the molecule is COc1cccc(-n2nn[nH]c2=O)c1COc1cc(C)c(O)cc1C. The van der Waals surface area contributed by atoms with Crippen LogP contribution in [0.5, 0.6) is 17.2 Å². The molecule has 8 nitrogen and oxygen atoms in total. The van der Waals surface area contributed by atoms with E-state index in [0.717, 1.165) is 10.2 Å². The summed E-state index contributed by atoms with van der Waals surface area (Å²) in [6, 6.07) is 8.69. The van der Waals surface area contributed by atoms with Gasteiger partial charge in [-0.25, -0.2) is 9.89 Å². The predicted molar refractivity (Wildman–Crippen MR) is 90.4 cm³/mol. The number of H-pyrrole nitrogens is 1. The van der Waals surface area contributed by atoms with E-state index in [-0.39, 0.29) is 12.4 Å². The van der Waals surface area contributed by atoms with E-state index < -0.39 is 5.69 Å². The standard InChI is InChI=1S/C17H18N4O4/c1-10-8-16(11(2)7-14(10)22)25-9-12-13(5-4-6-15(12)24-3)21-17(23)18-19-20-21/h4-8,22H,9H2,1-3H3,(H,18,20,23). The monoisotopic (exact) mass is 342 g/mol. The lowest BCUT2D eigenvalue weighted by molar-refractivity contribution is 0.293. The Kier molecular flexibility index (Phi) is 4.42. The highest BCUT2D eigenvalue weighted by Crippen LogP contribution is 2.30. The second-order valence-corrected chi connectivity index (χ2v) is 5.57. The Balaban J connectivity index is 1.99. The van der Waals surface area contributed by atoms with Crippen LogP contribution < -0.4 is 15.2 Å². The first kappa shape index (κ1) is 16.6. The molecule has 0 fully saturated rings. The van der Waals surface area contributed by atoms with Crippen LogP contribution in [0.1, 0.15) is 16.7 Å². The number of aryl methyl sites for hydroxylation is 2. The lowest BCUT2D eigenvalue weighted by Crippen LogP contribution is -2.18. The van der Waals surface area contributed by atoms with Crippen molar-refractivity contribution in [3.8, 4) is 22.9 Å². The van der Waals surface area contributed by atoms with Gasteiger partial charge in [-0.3, -0.25) is 0 Å². The average Bonchev–Trinajstić information content (AvgIpc) is 3.02. The van der Waals surface area contributed by atoms with Gasteiger partial charge in [0, 0.05) is 0 Å². The van der Waals surface area contributed by atoms with Crippen LogP contribution in [0.15, 0.2) is 35.1 Å². The van der Waals surface area contributed by atoms with Crippen molar-refractivity contribution in [2.24, 2.45) is 0 Å². The highest BCUT2D eigenvalue weighted by Gasteiger charge is 2.15. The molecular formula is C17H18N4O4. The molecule has 0 aliphatic carbocycles. The smallest absolute Gasteiger partial charge is 0.365 e. The molecule has 3 aromatic rings. The minimum absolute atomic E-state index is 0.156. The largest absolute Gasteiger partial charge is 0.508 e. The molecule has 0 spiro atoms. The summed E-state index contributed by atoms with van der Waals surface area (Å²) in [5.74, 6) is 1.43. The molecule has 8 heteroatoms. The Morgan fingerprint density at radius 3 is 2.68 bits per heavy atom. The number of nitrogens with one attached hydrogen (secondary N) is 1. The van der Waals surface area contributed by atoms with Gasteiger partial charge in [-0.2, -0.15) is 4.68 Å². The number of ether oxygens (including phenoxy) is 2. The third-order valence-electron chi connectivity index (χ3n) is 3.89. The normalized spacial score (nSPS) is 10.7. The van der Waals surface area contributed by atoms with Crippen LogP contribution in [0.4, 0.5) is 0 Å². The summed E-state index contributed by atoms with van der Waals surface area (Å²) in [5, 5.41) is 19.3. The third kappa shape index (κ3) is 3.18. The van der Waals surface area contributed by atoms with Crippen LogP contribution in [0.2, 0.25) is 0 Å². The van der Waals surface area contributed by atoms with Crippen LogP contribution in [0.3, 0.4) is 0 Å². The van der Waals surface area contributed by atoms with Gasteiger partial charge >= 0.3 is 5.69 Å². The van der Waals surface area contributed by atoms with Crippen molar-refractivity contribution in [3.05, 3.63) is 57.5 Å². The second kappa shape index (κ2) is 6.68. The molecule has 2 N–H and O–H groups in total. The van der Waals surface area contributed by atoms with Gasteiger partial charge in [0.15, 0.2) is 0 Å². The van der Waals surface area contributed by atoms with Crippen molar-refractivity contribution in [1.29, 1.82) is 0 Å². The summed E-state index contributed by atoms with van der Waals surface area (Å²) in [6.45, 7) is 3.80. The Morgan fingerprint density at radius 1 is 1.20 bits per heavy atom. The molecule has 1 aromatic heterocycles. The van der Waals surface area contributed by atoms with Crippen LogP contribution in [0.25, 0.3) is 5.69 Å². The lowest BCUT2D eigenvalue weighted by atomic mass is 10.1. The Labute approximate surface area is 143 Å². The topological polar surface area (TPSA) is 102 Å². The van der Waals surface area contributed by atoms with Crippen molar-refractivity contribution in [3.63, 3.8) is 0 Å². The first-order valence-corrected chi connectivity index (χ1v) is 7.61. The fraction of sp³-hybridized carbons (Fsp3) is 0.235. The van der Waals surface area contributed by atoms with Gasteiger partial charge in [-0.15, -0.1) is 0 Å². The van der Waals surface area contributed by atoms with Gasteiger partial charge in [0.05, 0.1) is 18.4 Å². The molecule has 0 saturated heterocycles. The summed E-state index contributed by atoms with van der Waals surface area (Å²) in [6.07, 6.45) is 0. The van der Waals surface area contributed by atoms with Crippen molar-refractivity contribution < 1.29 is 14.6 Å². The number of nitrogens with zero attached hydrogens (tertiary/aromatic N) is 3. The second-order valence-electron chi connectivity index (χ2n) is 5.57. The van der Waals surface area contributed by atoms with Crippen molar-refractivity contribution in [1.82, 2.24) is 20.2 Å². The molecule has 130 valence electrons. The van der Waals surface area contributed by atoms with Crippen LogP contribution in [-0.2, 0) is 6.61 Å². The lowest BCUT2D eigenvalue weighted by Gasteiger charge is -2.15. The average molecular weight is 342 g/mol. The number of aromatic hydroxyl groups is 1. The molecule has 2 aromatic carbocycles. The summed E-state index contributed by atoms with van der Waals surface area (Å²) >= 11 is 0. The number of benzene rings is 2. The highest BCUT2D eigenvalue weighted by atomic mass is 16.5. The minimum atomic E-state index is -0.453. The molecule has 0 atom stereocenters. The number of hydrogen-bond acceptors (Lipinski definition) is 6. The third-order valence-corrected chi connectivity index (χ3v) is 3.89. The van der Waals surface area contributed by atoms with E-state index in [1.54, 1.807) is 44.4 Å². The van der Waals surface area contributed by atoms with E-state index in [0.29, 0.717) is 28.3 Å². The number of phenols is 1. The predicted octanol–water partition coefficient (Wildman–Crippen LogP) is 1.87. The van der Waals surface area contributed by atoms with Gasteiger partial charge in [-0.1, -0.05) is 6.07 Å². The number of phenolic OH excluding ortho intramolecular Hbond substituents is 1. The van der Waals surface area contributed by atoms with E-state index in [2.05, 4.69) is 15.5 Å². The first-order valence-electron chi connectivity index (χ1n) is 7.61. The molecule has 0 bridgehead atoms. The van der Waals surface area contributed by atoms with E-state index in [4.69, 9.17) is 9.47 Å². The minimum Gasteiger partial charge on any atom is -0.508 e. The van der Waals surface area contributed by atoms with E-state index >= 15 is 0 Å². The quantitative estimate of drug-likeness (QED) is 0.734. The van der Waals surface area contributed by atoms with Crippen molar-refractivity contribution in [2.45, 2.75) is 20.5 Å². The molecule has 25 heavy (non-hydrogen) atoms. The Hall–Kier alpha value is -3.29. The maximum absolute atomic E-state index is 11.9. The summed E-state index contributed by atoms with van der Waals surface area (Å²) in [7, 11) is 1.55. The Bertz CT molecular complexity index is 962. The summed E-state index contributed by atoms with van der Waals surface area (Å²) < 4.78 is 12.5. The van der Waals surface area contributed by atoms with Crippen molar-refractivity contribution >= 4 is 0 Å². The molecule has 0 saturated carbocycles. The first-order chi connectivity index (χ1) is 12.0. The van der Waals surface area contributed by atoms with Gasteiger partial charge in [0.2, 0.25) is 0 Å². The van der Waals surface area contributed by atoms with Crippen LogP contribution in [0, 0.1) is 13.8 Å². The van der Waals surface area contributed by atoms with Crippen molar-refractivity contribution in [2.75, 3.05) is 7.11 Å². The van der Waals surface area contributed by atoms with Gasteiger partial charge in [0.25, 0.3) is 0 Å². The zero-order valence-corrected chi connectivity index (χ0v) is 14.1. The van der Waals surface area contributed by atoms with Crippen LogP contribution in [-0.4, -0.2) is 32.4 Å². The van der Waals surface area contributed by atoms with E-state index in [1.165, 1.54) is 0 Å². The number of methoxy groups -OCH3 is 1. The summed E-state index contributed by atoms with van der Waals surface area (Å²) in [4.78, 5) is 11.9. The molecule has 1 heterocycles. The van der Waals surface area contributed by atoms with E-state index in [9.17, 15) is 9.90 Å². The summed E-state index contributed by atoms with van der Waals surface area (Å²) in [5.41, 5.74) is 2.25. The molecule has 0 aliphatic rings. The molecule has 0 aliphatic heterocycles. The zero-order valence-electron chi connectivity index (χ0n) is 14.1. The van der Waals surface area contributed by atoms with Gasteiger partial charge < -0.3 is 14.6 Å². The van der Waals surface area contributed by atoms with Gasteiger partial charge in [0.1, 0.15) is 23.9 Å². The van der Waals surface area contributed by atoms with Crippen LogP contribution >= 0.6 is 0 Å². The van der Waals surface area contributed by atoms with E-state index in [1.807, 2.05) is 6.92 Å². The molecular weight excluding hydrogens is 324 g/mol. The zero-order chi connectivity index (χ0) is 18.0. The number of tetrazole rings is 1. The fourth-order valence-corrected chi connectivity index (χ4v) is 2.52. The fourth-order valence-electron chi connectivity index (χ4n) is 2.52. The maximum Gasteiger partial charge on any atom is 0.365 e. The molecule has 0 unspecified atom stereocenters. The number of rotatable bonds is 5. The maximum atomic E-state index is 11.9. The van der Waals surface area contributed by atoms with Gasteiger partial charge in [-0.05, 0) is 59.7 Å². The molecule has 0 radical (unpaired) electrons. The Morgan fingerprint density at radius 2 is 2.00 bits per heavy atom. The molecule has 3 rings (SSSR count). The highest BCUT2D eigenvalue weighted by molar-refractivity contribution is 5.50. The number of hydrogen-bond donors (Lipinski definition) is 2.